The Bertz CT molecular complexity index is 254. The Morgan fingerprint density at radius 3 is 2.38 bits per heavy atom. The summed E-state index contributed by atoms with van der Waals surface area (Å²) >= 11 is 0. The maximum Gasteiger partial charge on any atom is 0.416 e. The molecule has 0 bridgehead atoms. The minimum Gasteiger partial charge on any atom is -0.457 e. The van der Waals surface area contributed by atoms with Crippen molar-refractivity contribution >= 4 is 17.5 Å². The summed E-state index contributed by atoms with van der Waals surface area (Å²) in [5, 5.41) is 0. The highest BCUT2D eigenvalue weighted by Crippen LogP contribution is 1.94. The van der Waals surface area contributed by atoms with E-state index in [0.29, 0.717) is 0 Å². The Morgan fingerprint density at radius 1 is 1.38 bits per heavy atom. The first kappa shape index (κ1) is 11.5. The lowest BCUT2D eigenvalue weighted by Gasteiger charge is -1.95. The van der Waals surface area contributed by atoms with Crippen LogP contribution in [0.1, 0.15) is 26.7 Å². The predicted molar refractivity (Wildman–Crippen MR) is 45.2 cm³/mol. The number of rotatable bonds is 5. The number of nitrogens with zero attached hydrogens (tertiary/aromatic N) is 2. The third-order valence-corrected chi connectivity index (χ3v) is 1.35. The van der Waals surface area contributed by atoms with E-state index in [1.54, 1.807) is 6.92 Å². The van der Waals surface area contributed by atoms with Crippen LogP contribution in [0, 0.1) is 0 Å². The molecule has 0 aromatic carbocycles. The van der Waals surface area contributed by atoms with E-state index in [0.717, 1.165) is 0 Å². The maximum atomic E-state index is 11.0. The molecule has 0 amide bonds. The van der Waals surface area contributed by atoms with Gasteiger partial charge in [-0.3, -0.25) is 0 Å². The lowest BCUT2D eigenvalue weighted by atomic mass is 10.2. The Morgan fingerprint density at radius 2 is 2.00 bits per heavy atom. The van der Waals surface area contributed by atoms with Crippen LogP contribution in [0.5, 0.6) is 0 Å². The molecule has 0 aromatic heterocycles. The monoisotopic (exact) mass is 184 g/mol. The molecule has 72 valence electrons. The van der Waals surface area contributed by atoms with E-state index in [1.165, 1.54) is 6.92 Å². The molecule has 0 unspecified atom stereocenters. The number of Topliss-reactive ketones (excluding diaryl/α,β-unsaturated/α-hetero) is 1. The van der Waals surface area contributed by atoms with Gasteiger partial charge in [0.2, 0.25) is 0 Å². The van der Waals surface area contributed by atoms with E-state index in [-0.39, 0.29) is 30.9 Å². The van der Waals surface area contributed by atoms with Crippen molar-refractivity contribution in [3.05, 3.63) is 5.53 Å². The molecule has 0 atom stereocenters. The highest BCUT2D eigenvalue weighted by molar-refractivity contribution is 6.34. The van der Waals surface area contributed by atoms with E-state index in [2.05, 4.69) is 9.53 Å². The van der Waals surface area contributed by atoms with Crippen molar-refractivity contribution in [2.45, 2.75) is 26.7 Å². The first-order valence-electron chi connectivity index (χ1n) is 3.99. The molecular weight excluding hydrogens is 172 g/mol. The van der Waals surface area contributed by atoms with Crippen molar-refractivity contribution < 1.29 is 19.1 Å². The summed E-state index contributed by atoms with van der Waals surface area (Å²) in [7, 11) is 0. The summed E-state index contributed by atoms with van der Waals surface area (Å²) in [5.41, 5.74) is 8.30. The summed E-state index contributed by atoms with van der Waals surface area (Å²) < 4.78 is 4.59. The average Bonchev–Trinajstić information content (AvgIpc) is 2.05. The molecule has 0 heterocycles. The number of esters is 1. The summed E-state index contributed by atoms with van der Waals surface area (Å²) in [4.78, 5) is 24.3. The topological polar surface area (TPSA) is 79.8 Å². The fourth-order valence-corrected chi connectivity index (χ4v) is 0.702. The SMILES string of the molecule is CCOC(=O)C(CCC(C)=O)=[N+]=[N-]. The van der Waals surface area contributed by atoms with Crippen LogP contribution in [-0.4, -0.2) is 28.9 Å². The van der Waals surface area contributed by atoms with Crippen LogP contribution >= 0.6 is 0 Å². The first-order valence-corrected chi connectivity index (χ1v) is 3.99. The molecule has 0 aliphatic heterocycles. The Balaban J connectivity index is 4.13. The zero-order valence-electron chi connectivity index (χ0n) is 7.74. The molecule has 0 radical (unpaired) electrons. The second kappa shape index (κ2) is 6.08. The van der Waals surface area contributed by atoms with Gasteiger partial charge in [-0.15, -0.1) is 0 Å². The molecule has 0 aliphatic rings. The number of carbonyl (C=O) groups is 2. The first-order chi connectivity index (χ1) is 6.11. The normalized spacial score (nSPS) is 8.77. The molecule has 5 nitrogen and oxygen atoms in total. The minimum absolute atomic E-state index is 0.0644. The summed E-state index contributed by atoms with van der Waals surface area (Å²) in [6.45, 7) is 3.27. The molecule has 0 aliphatic carbocycles. The number of ether oxygens (including phenoxy) is 1. The second-order valence-electron chi connectivity index (χ2n) is 2.47. The predicted octanol–water partition coefficient (Wildman–Crippen LogP) is 0.590. The third-order valence-electron chi connectivity index (χ3n) is 1.35. The van der Waals surface area contributed by atoms with Crippen molar-refractivity contribution in [2.24, 2.45) is 0 Å². The second-order valence-corrected chi connectivity index (χ2v) is 2.47. The van der Waals surface area contributed by atoms with Gasteiger partial charge in [0.15, 0.2) is 0 Å². The van der Waals surface area contributed by atoms with Crippen LogP contribution in [0.2, 0.25) is 0 Å². The lowest BCUT2D eigenvalue weighted by molar-refractivity contribution is -0.140. The van der Waals surface area contributed by atoms with Gasteiger partial charge in [-0.05, 0) is 13.8 Å². The van der Waals surface area contributed by atoms with Gasteiger partial charge >= 0.3 is 11.7 Å². The summed E-state index contributed by atoms with van der Waals surface area (Å²) in [5.74, 6) is -0.739. The molecule has 0 fully saturated rings. The smallest absolute Gasteiger partial charge is 0.416 e. The van der Waals surface area contributed by atoms with Gasteiger partial charge in [-0.1, -0.05) is 0 Å². The van der Waals surface area contributed by atoms with Crippen LogP contribution in [0.15, 0.2) is 0 Å². The average molecular weight is 184 g/mol. The third kappa shape index (κ3) is 4.87. The summed E-state index contributed by atoms with van der Waals surface area (Å²) in [6.07, 6.45) is 0.295. The standard InChI is InChI=1S/C8H12N2O3/c1-3-13-8(12)7(10-9)5-4-6(2)11/h3-5H2,1-2H3. The molecule has 0 saturated heterocycles. The Hall–Kier alpha value is -1.48. The molecule has 0 aromatic rings. The van der Waals surface area contributed by atoms with Gasteiger partial charge in [-0.25, -0.2) is 4.79 Å². The number of ketones is 1. The molecule has 0 rings (SSSR count). The highest BCUT2D eigenvalue weighted by Gasteiger charge is 2.21. The van der Waals surface area contributed by atoms with Crippen molar-refractivity contribution in [3.8, 4) is 0 Å². The number of hydrogen-bond acceptors (Lipinski definition) is 3. The van der Waals surface area contributed by atoms with Crippen LogP contribution in [0.4, 0.5) is 0 Å². The summed E-state index contributed by atoms with van der Waals surface area (Å²) in [6, 6.07) is 0. The van der Waals surface area contributed by atoms with E-state index >= 15 is 0 Å². The van der Waals surface area contributed by atoms with Gasteiger partial charge in [0.05, 0.1) is 13.0 Å². The van der Waals surface area contributed by atoms with Crippen molar-refractivity contribution in [1.29, 1.82) is 0 Å². The van der Waals surface area contributed by atoms with Crippen LogP contribution in [-0.2, 0) is 14.3 Å². The fourth-order valence-electron chi connectivity index (χ4n) is 0.702. The van der Waals surface area contributed by atoms with Crippen molar-refractivity contribution in [2.75, 3.05) is 6.61 Å². The quantitative estimate of drug-likeness (QED) is 0.271. The molecule has 0 N–H and O–H groups in total. The minimum atomic E-state index is -0.675. The van der Waals surface area contributed by atoms with Gasteiger partial charge in [-0.2, -0.15) is 4.79 Å². The van der Waals surface area contributed by atoms with Crippen LogP contribution in [0.3, 0.4) is 0 Å². The largest absolute Gasteiger partial charge is 0.457 e. The number of carbonyl (C=O) groups excluding carboxylic acids is 2. The van der Waals surface area contributed by atoms with Crippen LogP contribution < -0.4 is 0 Å². The van der Waals surface area contributed by atoms with Gasteiger partial charge in [0.1, 0.15) is 5.78 Å². The van der Waals surface area contributed by atoms with Crippen LogP contribution in [0.25, 0.3) is 5.53 Å². The number of hydrogen-bond donors (Lipinski definition) is 0. The lowest BCUT2D eigenvalue weighted by Crippen LogP contribution is -2.19. The fraction of sp³-hybridized carbons (Fsp3) is 0.625. The molecule has 0 spiro atoms. The molecule has 13 heavy (non-hydrogen) atoms. The zero-order chi connectivity index (χ0) is 10.3. The Kier molecular flexibility index (Phi) is 5.39. The zero-order valence-corrected chi connectivity index (χ0v) is 7.74. The highest BCUT2D eigenvalue weighted by atomic mass is 16.5. The maximum absolute atomic E-state index is 11.0. The van der Waals surface area contributed by atoms with Gasteiger partial charge < -0.3 is 15.1 Å². The van der Waals surface area contributed by atoms with Crippen molar-refractivity contribution in [3.63, 3.8) is 0 Å². The molecule has 0 saturated carbocycles. The van der Waals surface area contributed by atoms with E-state index < -0.39 is 5.97 Å². The van der Waals surface area contributed by atoms with E-state index in [9.17, 15) is 9.59 Å². The van der Waals surface area contributed by atoms with Gasteiger partial charge in [0, 0.05) is 6.42 Å². The van der Waals surface area contributed by atoms with E-state index in [1.807, 2.05) is 0 Å². The Labute approximate surface area is 76.3 Å². The van der Waals surface area contributed by atoms with E-state index in [4.69, 9.17) is 5.53 Å². The van der Waals surface area contributed by atoms with Crippen molar-refractivity contribution in [1.82, 2.24) is 0 Å². The van der Waals surface area contributed by atoms with Gasteiger partial charge in [0.25, 0.3) is 0 Å². The molecular formula is C8H12N2O3. The molecule has 5 heteroatoms.